The molecule has 0 radical (unpaired) electrons. The van der Waals surface area contributed by atoms with E-state index in [0.717, 1.165) is 11.8 Å². The number of benzene rings is 1. The molecule has 200 valence electrons. The molecule has 1 saturated heterocycles. The van der Waals surface area contributed by atoms with Gasteiger partial charge in [0.25, 0.3) is 17.0 Å². The second-order valence-electron chi connectivity index (χ2n) is 8.81. The Labute approximate surface area is 233 Å². The van der Waals surface area contributed by atoms with Crippen molar-refractivity contribution in [2.24, 2.45) is 7.05 Å². The number of aromatic nitrogens is 4. The number of nitrogens with one attached hydrogen (secondary N) is 1. The van der Waals surface area contributed by atoms with Crippen LogP contribution in [0.4, 0.5) is 11.5 Å². The van der Waals surface area contributed by atoms with Gasteiger partial charge >= 0.3 is 0 Å². The monoisotopic (exact) mass is 562 g/mol. The molecule has 1 aliphatic heterocycles. The molecule has 39 heavy (non-hydrogen) atoms. The van der Waals surface area contributed by atoms with Gasteiger partial charge in [-0.3, -0.25) is 28.4 Å². The zero-order valence-corrected chi connectivity index (χ0v) is 23.2. The lowest BCUT2D eigenvalue weighted by atomic mass is 10.2. The van der Waals surface area contributed by atoms with Crippen LogP contribution in [0.1, 0.15) is 17.7 Å². The van der Waals surface area contributed by atoms with Crippen LogP contribution in [0.15, 0.2) is 69.2 Å². The van der Waals surface area contributed by atoms with Crippen molar-refractivity contribution in [1.29, 1.82) is 0 Å². The number of thioether (sulfide) groups is 1. The number of amides is 1. The van der Waals surface area contributed by atoms with Crippen LogP contribution in [0.25, 0.3) is 17.4 Å². The summed E-state index contributed by atoms with van der Waals surface area (Å²) in [5, 5.41) is 3.20. The number of para-hydroxylation sites is 1. The molecule has 1 aromatic carbocycles. The number of carbonyl (C=O) groups excluding carboxylic acids is 1. The molecule has 5 rings (SSSR count). The van der Waals surface area contributed by atoms with E-state index in [0.29, 0.717) is 42.4 Å². The summed E-state index contributed by atoms with van der Waals surface area (Å²) in [5.41, 5.74) is 1.42. The Bertz CT molecular complexity index is 1740. The Hall–Kier alpha value is -4.00. The third kappa shape index (κ3) is 4.82. The Morgan fingerprint density at radius 3 is 2.56 bits per heavy atom. The van der Waals surface area contributed by atoms with Crippen molar-refractivity contribution in [3.8, 4) is 5.69 Å². The molecule has 10 nitrogen and oxygen atoms in total. The highest BCUT2D eigenvalue weighted by Crippen LogP contribution is 2.36. The smallest absolute Gasteiger partial charge is 0.296 e. The summed E-state index contributed by atoms with van der Waals surface area (Å²) >= 11 is 6.61. The average Bonchev–Trinajstić information content (AvgIpc) is 3.33. The van der Waals surface area contributed by atoms with Gasteiger partial charge in [-0.15, -0.1) is 0 Å². The second-order valence-corrected chi connectivity index (χ2v) is 10.5. The largest absolute Gasteiger partial charge is 0.385 e. The first-order valence-electron chi connectivity index (χ1n) is 12.2. The predicted molar refractivity (Wildman–Crippen MR) is 158 cm³/mol. The van der Waals surface area contributed by atoms with Gasteiger partial charge in [0.15, 0.2) is 4.32 Å². The van der Waals surface area contributed by atoms with Gasteiger partial charge in [-0.25, -0.2) is 9.67 Å². The van der Waals surface area contributed by atoms with E-state index >= 15 is 0 Å². The van der Waals surface area contributed by atoms with Gasteiger partial charge < -0.3 is 10.1 Å². The summed E-state index contributed by atoms with van der Waals surface area (Å²) in [6.07, 6.45) is 3.83. The lowest BCUT2D eigenvalue weighted by molar-refractivity contribution is -0.113. The van der Waals surface area contributed by atoms with E-state index in [1.165, 1.54) is 20.1 Å². The van der Waals surface area contributed by atoms with Gasteiger partial charge in [0.2, 0.25) is 0 Å². The molecule has 0 unspecified atom stereocenters. The number of rotatable bonds is 8. The third-order valence-electron chi connectivity index (χ3n) is 6.40. The van der Waals surface area contributed by atoms with E-state index in [9.17, 15) is 14.4 Å². The highest BCUT2D eigenvalue weighted by molar-refractivity contribution is 8.27. The molecule has 0 spiro atoms. The molecule has 12 heteroatoms. The number of methoxy groups -OCH3 is 1. The molecule has 4 aromatic rings. The molecule has 0 atom stereocenters. The fourth-order valence-corrected chi connectivity index (χ4v) is 5.65. The molecule has 3 aromatic heterocycles. The number of hydrogen-bond donors (Lipinski definition) is 1. The van der Waals surface area contributed by atoms with Gasteiger partial charge in [-0.1, -0.05) is 48.2 Å². The van der Waals surface area contributed by atoms with Crippen LogP contribution in [0.2, 0.25) is 0 Å². The first-order chi connectivity index (χ1) is 18.8. The van der Waals surface area contributed by atoms with E-state index < -0.39 is 5.91 Å². The molecule has 1 amide bonds. The van der Waals surface area contributed by atoms with Crippen molar-refractivity contribution in [2.75, 3.05) is 30.5 Å². The minimum atomic E-state index is -0.473. The molecular weight excluding hydrogens is 536 g/mol. The fraction of sp³-hybridized carbons (Fsp3) is 0.222. The minimum Gasteiger partial charge on any atom is -0.385 e. The lowest BCUT2D eigenvalue weighted by Crippen LogP contribution is -2.33. The van der Waals surface area contributed by atoms with Crippen molar-refractivity contribution in [3.63, 3.8) is 0 Å². The summed E-state index contributed by atoms with van der Waals surface area (Å²) < 4.78 is 9.93. The van der Waals surface area contributed by atoms with Crippen LogP contribution in [0, 0.1) is 6.92 Å². The van der Waals surface area contributed by atoms with Crippen LogP contribution in [0.3, 0.4) is 0 Å². The topological polar surface area (TPSA) is 103 Å². The second kappa shape index (κ2) is 11.0. The van der Waals surface area contributed by atoms with Crippen molar-refractivity contribution in [2.45, 2.75) is 13.3 Å². The zero-order valence-electron chi connectivity index (χ0n) is 21.6. The van der Waals surface area contributed by atoms with Crippen molar-refractivity contribution in [3.05, 3.63) is 91.6 Å². The Balaban J connectivity index is 1.57. The normalized spacial score (nSPS) is 14.6. The molecule has 0 bridgehead atoms. The van der Waals surface area contributed by atoms with Gasteiger partial charge in [0.1, 0.15) is 17.2 Å². The van der Waals surface area contributed by atoms with Crippen LogP contribution in [-0.2, 0) is 16.6 Å². The Kier molecular flexibility index (Phi) is 7.51. The molecular formula is C27H26N6O4S2. The number of carbonyl (C=O) groups is 1. The van der Waals surface area contributed by atoms with E-state index in [1.807, 2.05) is 30.3 Å². The van der Waals surface area contributed by atoms with Crippen LogP contribution < -0.4 is 21.3 Å². The molecule has 1 N–H and O–H groups in total. The maximum absolute atomic E-state index is 13.7. The maximum Gasteiger partial charge on any atom is 0.296 e. The standard InChI is InChI=1S/C27H26N6O4S2/c1-17-22(26(36)33(30(17)2)18-10-5-4-6-11-18)32-25(35)20(39-27(32)38)16-19-23(28-13-9-15-37-3)29-21-12-7-8-14-31(21)24(19)34/h4-8,10-12,14,16,28H,9,13,15H2,1-3H3. The number of anilines is 2. The van der Waals surface area contributed by atoms with Crippen molar-refractivity contribution in [1.82, 2.24) is 18.7 Å². The highest BCUT2D eigenvalue weighted by atomic mass is 32.2. The summed E-state index contributed by atoms with van der Waals surface area (Å²) in [4.78, 5) is 46.8. The van der Waals surface area contributed by atoms with E-state index in [1.54, 1.807) is 50.2 Å². The van der Waals surface area contributed by atoms with Crippen LogP contribution in [-0.4, -0.2) is 49.2 Å². The minimum absolute atomic E-state index is 0.179. The van der Waals surface area contributed by atoms with Crippen LogP contribution in [0.5, 0.6) is 0 Å². The zero-order chi connectivity index (χ0) is 27.7. The van der Waals surface area contributed by atoms with Crippen LogP contribution >= 0.6 is 24.0 Å². The summed E-state index contributed by atoms with van der Waals surface area (Å²) in [6.45, 7) is 2.83. The quantitative estimate of drug-likeness (QED) is 0.198. The number of ether oxygens (including phenoxy) is 1. The summed E-state index contributed by atoms with van der Waals surface area (Å²) in [5.74, 6) is -0.117. The van der Waals surface area contributed by atoms with Gasteiger partial charge in [0, 0.05) is 33.5 Å². The predicted octanol–water partition coefficient (Wildman–Crippen LogP) is 3.35. The third-order valence-corrected chi connectivity index (χ3v) is 7.71. The Morgan fingerprint density at radius 1 is 1.08 bits per heavy atom. The highest BCUT2D eigenvalue weighted by Gasteiger charge is 2.38. The molecule has 4 heterocycles. The van der Waals surface area contributed by atoms with Crippen molar-refractivity contribution >= 4 is 57.4 Å². The molecule has 1 aliphatic rings. The fourth-order valence-electron chi connectivity index (χ4n) is 4.39. The van der Waals surface area contributed by atoms with Crippen molar-refractivity contribution < 1.29 is 9.53 Å². The van der Waals surface area contributed by atoms with Gasteiger partial charge in [-0.2, -0.15) is 0 Å². The van der Waals surface area contributed by atoms with Gasteiger partial charge in [-0.05, 0) is 43.7 Å². The Morgan fingerprint density at radius 2 is 1.82 bits per heavy atom. The first kappa shape index (κ1) is 26.6. The lowest BCUT2D eigenvalue weighted by Gasteiger charge is -2.12. The van der Waals surface area contributed by atoms with Gasteiger partial charge in [0.05, 0.1) is 21.8 Å². The number of hydrogen-bond acceptors (Lipinski definition) is 8. The number of fused-ring (bicyclic) bond motifs is 1. The molecule has 0 aliphatic carbocycles. The molecule has 1 fully saturated rings. The average molecular weight is 563 g/mol. The summed E-state index contributed by atoms with van der Waals surface area (Å²) in [7, 11) is 3.38. The number of pyridine rings is 1. The SMILES string of the molecule is COCCCNc1nc2ccccn2c(=O)c1C=C1SC(=S)N(c2c(C)n(C)n(-c3ccccc3)c2=O)C1=O. The number of thiocarbonyl (C=S) groups is 1. The number of nitrogens with zero attached hydrogens (tertiary/aromatic N) is 5. The van der Waals surface area contributed by atoms with E-state index in [4.69, 9.17) is 17.0 Å². The first-order valence-corrected chi connectivity index (χ1v) is 13.4. The van der Waals surface area contributed by atoms with E-state index in [-0.39, 0.29) is 31.6 Å². The molecule has 0 saturated carbocycles. The maximum atomic E-state index is 13.7. The van der Waals surface area contributed by atoms with E-state index in [2.05, 4.69) is 10.3 Å². The summed E-state index contributed by atoms with van der Waals surface area (Å²) in [6, 6.07) is 14.4.